The van der Waals surface area contributed by atoms with Crippen molar-refractivity contribution in [2.45, 2.75) is 44.8 Å². The fraction of sp³-hybridized carbons (Fsp3) is 0.750. The lowest BCUT2D eigenvalue weighted by Gasteiger charge is -2.31. The second-order valence-corrected chi connectivity index (χ2v) is 4.87. The topological polar surface area (TPSA) is 27.1 Å². The number of aryl methyl sites for hydroxylation is 1. The lowest BCUT2D eigenvalue weighted by molar-refractivity contribution is -0.0182. The molecule has 2 fully saturated rings. The van der Waals surface area contributed by atoms with Crippen LogP contribution in [-0.2, 0) is 4.74 Å². The van der Waals surface area contributed by atoms with Crippen LogP contribution in [0.1, 0.15) is 37.4 Å². The third-order valence-corrected chi connectivity index (χ3v) is 3.69. The fourth-order valence-corrected chi connectivity index (χ4v) is 2.61. The predicted octanol–water partition coefficient (Wildman–Crippen LogP) is 2.32. The van der Waals surface area contributed by atoms with Crippen molar-refractivity contribution in [2.24, 2.45) is 5.92 Å². The Balaban J connectivity index is 1.73. The molecule has 2 heterocycles. The summed E-state index contributed by atoms with van der Waals surface area (Å²) >= 11 is 0. The summed E-state index contributed by atoms with van der Waals surface area (Å²) in [6.45, 7) is 3.05. The summed E-state index contributed by atoms with van der Waals surface area (Å²) in [5.74, 6) is 0.858. The Labute approximate surface area is 90.5 Å². The minimum absolute atomic E-state index is 0.519. The summed E-state index contributed by atoms with van der Waals surface area (Å²) in [6.07, 6.45) is 9.50. The van der Waals surface area contributed by atoms with E-state index in [0.717, 1.165) is 18.9 Å². The highest BCUT2D eigenvalue weighted by molar-refractivity contribution is 4.99. The van der Waals surface area contributed by atoms with Gasteiger partial charge in [-0.25, -0.2) is 4.98 Å². The summed E-state index contributed by atoms with van der Waals surface area (Å²) < 4.78 is 8.15. The molecule has 1 saturated carbocycles. The van der Waals surface area contributed by atoms with Crippen LogP contribution in [0.2, 0.25) is 0 Å². The molecule has 0 amide bonds. The first-order valence-electron chi connectivity index (χ1n) is 5.94. The molecule has 1 aliphatic heterocycles. The molecule has 0 bridgehead atoms. The molecule has 1 aliphatic carbocycles. The van der Waals surface area contributed by atoms with Gasteiger partial charge in [0.15, 0.2) is 0 Å². The smallest absolute Gasteiger partial charge is 0.0950 e. The molecule has 3 rings (SSSR count). The Bertz CT molecular complexity index is 343. The van der Waals surface area contributed by atoms with Crippen molar-refractivity contribution < 1.29 is 4.74 Å². The Morgan fingerprint density at radius 3 is 2.93 bits per heavy atom. The van der Waals surface area contributed by atoms with Gasteiger partial charge >= 0.3 is 0 Å². The molecular formula is C12H18N2O. The SMILES string of the molecule is Cc1cncn1C1CCOC(C2CC2)C1. The van der Waals surface area contributed by atoms with E-state index in [2.05, 4.69) is 16.5 Å². The molecule has 0 aromatic carbocycles. The van der Waals surface area contributed by atoms with Gasteiger partial charge in [-0.3, -0.25) is 0 Å². The number of rotatable bonds is 2. The summed E-state index contributed by atoms with van der Waals surface area (Å²) in [7, 11) is 0. The Kier molecular flexibility index (Phi) is 2.28. The maximum absolute atomic E-state index is 5.84. The first kappa shape index (κ1) is 9.40. The van der Waals surface area contributed by atoms with Gasteiger partial charge in [-0.05, 0) is 38.5 Å². The average molecular weight is 206 g/mol. The van der Waals surface area contributed by atoms with E-state index in [1.807, 2.05) is 12.5 Å². The van der Waals surface area contributed by atoms with Gasteiger partial charge in [0.25, 0.3) is 0 Å². The van der Waals surface area contributed by atoms with Gasteiger partial charge in [-0.15, -0.1) is 0 Å². The van der Waals surface area contributed by atoms with E-state index in [0.29, 0.717) is 12.1 Å². The number of hydrogen-bond acceptors (Lipinski definition) is 2. The van der Waals surface area contributed by atoms with Crippen LogP contribution in [-0.4, -0.2) is 22.3 Å². The minimum atomic E-state index is 0.519. The van der Waals surface area contributed by atoms with Crippen LogP contribution < -0.4 is 0 Å². The van der Waals surface area contributed by atoms with E-state index in [4.69, 9.17) is 4.74 Å². The van der Waals surface area contributed by atoms with Crippen molar-refractivity contribution in [1.29, 1.82) is 0 Å². The quantitative estimate of drug-likeness (QED) is 0.742. The zero-order chi connectivity index (χ0) is 10.3. The van der Waals surface area contributed by atoms with Crippen molar-refractivity contribution in [3.63, 3.8) is 0 Å². The minimum Gasteiger partial charge on any atom is -0.378 e. The second-order valence-electron chi connectivity index (χ2n) is 4.87. The maximum atomic E-state index is 5.84. The average Bonchev–Trinajstić information content (AvgIpc) is 3.02. The standard InChI is InChI=1S/C12H18N2O/c1-9-7-13-8-14(9)11-4-5-15-12(6-11)10-2-3-10/h7-8,10-12H,2-6H2,1H3. The van der Waals surface area contributed by atoms with Crippen LogP contribution in [0.5, 0.6) is 0 Å². The highest BCUT2D eigenvalue weighted by atomic mass is 16.5. The second kappa shape index (κ2) is 3.63. The largest absolute Gasteiger partial charge is 0.378 e. The van der Waals surface area contributed by atoms with E-state index in [1.165, 1.54) is 25.0 Å². The van der Waals surface area contributed by atoms with Gasteiger partial charge in [0.05, 0.1) is 12.4 Å². The van der Waals surface area contributed by atoms with Gasteiger partial charge in [0.1, 0.15) is 0 Å². The lowest BCUT2D eigenvalue weighted by atomic mass is 10.00. The molecule has 3 nitrogen and oxygen atoms in total. The van der Waals surface area contributed by atoms with E-state index in [-0.39, 0.29) is 0 Å². The third kappa shape index (κ3) is 1.81. The molecule has 15 heavy (non-hydrogen) atoms. The first-order chi connectivity index (χ1) is 7.34. The van der Waals surface area contributed by atoms with Crippen LogP contribution in [0.3, 0.4) is 0 Å². The van der Waals surface area contributed by atoms with Crippen LogP contribution in [0, 0.1) is 12.8 Å². The van der Waals surface area contributed by atoms with Crippen molar-refractivity contribution in [3.05, 3.63) is 18.2 Å². The Hall–Kier alpha value is -0.830. The van der Waals surface area contributed by atoms with Crippen LogP contribution in [0.4, 0.5) is 0 Å². The molecule has 0 spiro atoms. The Morgan fingerprint density at radius 1 is 1.40 bits per heavy atom. The number of imidazole rings is 1. The number of aromatic nitrogens is 2. The number of hydrogen-bond donors (Lipinski definition) is 0. The number of nitrogens with zero attached hydrogens (tertiary/aromatic N) is 2. The van der Waals surface area contributed by atoms with Crippen LogP contribution in [0.15, 0.2) is 12.5 Å². The molecule has 1 aromatic heterocycles. The third-order valence-electron chi connectivity index (χ3n) is 3.69. The molecule has 0 radical (unpaired) electrons. The van der Waals surface area contributed by atoms with E-state index in [9.17, 15) is 0 Å². The maximum Gasteiger partial charge on any atom is 0.0950 e. The molecule has 2 aliphatic rings. The molecule has 1 aromatic rings. The summed E-state index contributed by atoms with van der Waals surface area (Å²) in [5, 5.41) is 0. The van der Waals surface area contributed by atoms with Crippen LogP contribution >= 0.6 is 0 Å². The van der Waals surface area contributed by atoms with Gasteiger partial charge < -0.3 is 9.30 Å². The molecule has 0 N–H and O–H groups in total. The van der Waals surface area contributed by atoms with Gasteiger partial charge in [0, 0.05) is 24.5 Å². The summed E-state index contributed by atoms with van der Waals surface area (Å²) in [5.41, 5.74) is 1.27. The molecule has 1 saturated heterocycles. The fourth-order valence-electron chi connectivity index (χ4n) is 2.61. The zero-order valence-corrected chi connectivity index (χ0v) is 9.22. The molecule has 3 heteroatoms. The zero-order valence-electron chi connectivity index (χ0n) is 9.22. The van der Waals surface area contributed by atoms with E-state index >= 15 is 0 Å². The predicted molar refractivity (Wildman–Crippen MR) is 57.7 cm³/mol. The molecular weight excluding hydrogens is 188 g/mol. The van der Waals surface area contributed by atoms with Crippen molar-refractivity contribution in [3.8, 4) is 0 Å². The monoisotopic (exact) mass is 206 g/mol. The molecule has 2 atom stereocenters. The molecule has 82 valence electrons. The number of ether oxygens (including phenoxy) is 1. The van der Waals surface area contributed by atoms with Crippen molar-refractivity contribution >= 4 is 0 Å². The molecule has 2 unspecified atom stereocenters. The van der Waals surface area contributed by atoms with E-state index < -0.39 is 0 Å². The van der Waals surface area contributed by atoms with E-state index in [1.54, 1.807) is 0 Å². The Morgan fingerprint density at radius 2 is 2.27 bits per heavy atom. The van der Waals surface area contributed by atoms with Gasteiger partial charge in [-0.2, -0.15) is 0 Å². The first-order valence-corrected chi connectivity index (χ1v) is 5.94. The summed E-state index contributed by atoms with van der Waals surface area (Å²) in [6, 6.07) is 0.617. The van der Waals surface area contributed by atoms with Gasteiger partial charge in [-0.1, -0.05) is 0 Å². The van der Waals surface area contributed by atoms with Crippen LogP contribution in [0.25, 0.3) is 0 Å². The van der Waals surface area contributed by atoms with Crippen molar-refractivity contribution in [1.82, 2.24) is 9.55 Å². The highest BCUT2D eigenvalue weighted by Crippen LogP contribution is 2.40. The highest BCUT2D eigenvalue weighted by Gasteiger charge is 2.36. The normalized spacial score (nSPS) is 31.8. The van der Waals surface area contributed by atoms with Crippen molar-refractivity contribution in [2.75, 3.05) is 6.61 Å². The lowest BCUT2D eigenvalue weighted by Crippen LogP contribution is -2.29. The summed E-state index contributed by atoms with van der Waals surface area (Å²) in [4.78, 5) is 4.20. The van der Waals surface area contributed by atoms with Gasteiger partial charge in [0.2, 0.25) is 0 Å².